The van der Waals surface area contributed by atoms with Gasteiger partial charge in [0, 0.05) is 11.6 Å². The summed E-state index contributed by atoms with van der Waals surface area (Å²) in [7, 11) is 0. The molecule has 1 aromatic carbocycles. The van der Waals surface area contributed by atoms with Gasteiger partial charge in [-0.2, -0.15) is 0 Å². The van der Waals surface area contributed by atoms with E-state index in [4.69, 9.17) is 23.2 Å². The summed E-state index contributed by atoms with van der Waals surface area (Å²) in [6.45, 7) is 4.18. The molecule has 1 aromatic heterocycles. The van der Waals surface area contributed by atoms with Gasteiger partial charge < -0.3 is 5.32 Å². The zero-order valence-corrected chi connectivity index (χ0v) is 15.3. The number of hydrogen-bond acceptors (Lipinski definition) is 4. The van der Waals surface area contributed by atoms with E-state index in [2.05, 4.69) is 15.6 Å². The van der Waals surface area contributed by atoms with Gasteiger partial charge in [0.15, 0.2) is 0 Å². The smallest absolute Gasteiger partial charge is 0.321 e. The van der Waals surface area contributed by atoms with Crippen LogP contribution in [0, 0.1) is 5.92 Å². The van der Waals surface area contributed by atoms with Crippen molar-refractivity contribution < 1.29 is 9.59 Å². The molecule has 0 bridgehead atoms. The molecule has 0 spiro atoms. The van der Waals surface area contributed by atoms with Crippen molar-refractivity contribution in [2.45, 2.75) is 26.8 Å². The molecule has 0 saturated carbocycles. The van der Waals surface area contributed by atoms with Crippen LogP contribution in [0.1, 0.15) is 20.3 Å². The number of rotatable bonds is 5. The summed E-state index contributed by atoms with van der Waals surface area (Å²) in [5.41, 5.74) is -0.163. The highest BCUT2D eigenvalue weighted by molar-refractivity contribution is 6.38. The van der Waals surface area contributed by atoms with Gasteiger partial charge in [0.2, 0.25) is 5.91 Å². The minimum atomic E-state index is -0.626. The Hall–Kier alpha value is -2.12. The SMILES string of the molecule is CC(C)CCNC(=O)NC(=O)Cn1cnc2c(Cl)cc(Cl)cc2c1=O. The van der Waals surface area contributed by atoms with E-state index in [0.717, 1.165) is 11.0 Å². The van der Waals surface area contributed by atoms with Crippen molar-refractivity contribution in [3.05, 3.63) is 38.9 Å². The molecule has 0 aliphatic rings. The molecule has 2 N–H and O–H groups in total. The van der Waals surface area contributed by atoms with Crippen LogP contribution in [0.25, 0.3) is 10.9 Å². The number of carbonyl (C=O) groups excluding carboxylic acids is 2. The van der Waals surface area contributed by atoms with E-state index in [0.29, 0.717) is 23.0 Å². The van der Waals surface area contributed by atoms with Crippen LogP contribution in [0.4, 0.5) is 4.79 Å². The Balaban J connectivity index is 2.07. The van der Waals surface area contributed by atoms with Gasteiger partial charge in [-0.1, -0.05) is 37.0 Å². The third kappa shape index (κ3) is 5.17. The van der Waals surface area contributed by atoms with Crippen LogP contribution in [-0.2, 0) is 11.3 Å². The number of halogens is 2. The van der Waals surface area contributed by atoms with Crippen LogP contribution in [0.5, 0.6) is 0 Å². The highest BCUT2D eigenvalue weighted by Gasteiger charge is 2.13. The monoisotopic (exact) mass is 384 g/mol. The summed E-state index contributed by atoms with van der Waals surface area (Å²) in [6, 6.07) is 2.32. The molecule has 25 heavy (non-hydrogen) atoms. The standard InChI is InChI=1S/C16H18Cl2N4O3/c1-9(2)3-4-19-16(25)21-13(23)7-22-8-20-14-11(15(22)24)5-10(17)6-12(14)18/h5-6,8-9H,3-4,7H2,1-2H3,(H2,19,21,23,25). The van der Waals surface area contributed by atoms with Crippen LogP contribution in [0.15, 0.2) is 23.3 Å². The van der Waals surface area contributed by atoms with Crippen LogP contribution in [-0.4, -0.2) is 28.0 Å². The zero-order chi connectivity index (χ0) is 18.6. The first-order valence-electron chi connectivity index (χ1n) is 7.69. The molecule has 0 aliphatic carbocycles. The lowest BCUT2D eigenvalue weighted by Gasteiger charge is -2.10. The van der Waals surface area contributed by atoms with Gasteiger partial charge in [-0.3, -0.25) is 19.5 Å². The van der Waals surface area contributed by atoms with Crippen molar-refractivity contribution in [1.82, 2.24) is 20.2 Å². The maximum Gasteiger partial charge on any atom is 0.321 e. The van der Waals surface area contributed by atoms with Gasteiger partial charge in [0.25, 0.3) is 5.56 Å². The van der Waals surface area contributed by atoms with E-state index in [1.54, 1.807) is 0 Å². The minimum absolute atomic E-state index is 0.203. The first kappa shape index (κ1) is 19.2. The second-order valence-corrected chi connectivity index (χ2v) is 6.79. The van der Waals surface area contributed by atoms with Crippen molar-refractivity contribution in [3.8, 4) is 0 Å². The Labute approximate surface area is 154 Å². The third-order valence-electron chi connectivity index (χ3n) is 3.42. The number of urea groups is 1. The second kappa shape index (κ2) is 8.31. The number of amides is 3. The number of nitrogens with one attached hydrogen (secondary N) is 2. The van der Waals surface area contributed by atoms with E-state index >= 15 is 0 Å². The van der Waals surface area contributed by atoms with Gasteiger partial charge in [-0.25, -0.2) is 9.78 Å². The average molecular weight is 385 g/mol. The fourth-order valence-electron chi connectivity index (χ4n) is 2.15. The lowest BCUT2D eigenvalue weighted by molar-refractivity contribution is -0.120. The summed E-state index contributed by atoms with van der Waals surface area (Å²) in [4.78, 5) is 40.1. The lowest BCUT2D eigenvalue weighted by Crippen LogP contribution is -2.42. The Morgan fingerprint density at radius 2 is 2.00 bits per heavy atom. The first-order chi connectivity index (χ1) is 11.8. The Bertz CT molecular complexity index is 864. The molecule has 7 nitrogen and oxygen atoms in total. The van der Waals surface area contributed by atoms with Crippen molar-refractivity contribution in [1.29, 1.82) is 0 Å². The number of imide groups is 1. The molecule has 2 aromatic rings. The zero-order valence-electron chi connectivity index (χ0n) is 13.8. The first-order valence-corrected chi connectivity index (χ1v) is 8.45. The van der Waals surface area contributed by atoms with Gasteiger partial charge in [-0.05, 0) is 24.5 Å². The number of nitrogens with zero attached hydrogens (tertiary/aromatic N) is 2. The van der Waals surface area contributed by atoms with E-state index in [9.17, 15) is 14.4 Å². The molecule has 3 amide bonds. The maximum absolute atomic E-state index is 12.4. The Morgan fingerprint density at radius 3 is 2.68 bits per heavy atom. The van der Waals surface area contributed by atoms with Crippen LogP contribution < -0.4 is 16.2 Å². The van der Waals surface area contributed by atoms with Crippen molar-refractivity contribution in [2.24, 2.45) is 5.92 Å². The maximum atomic E-state index is 12.4. The minimum Gasteiger partial charge on any atom is -0.338 e. The lowest BCUT2D eigenvalue weighted by atomic mass is 10.1. The Kier molecular flexibility index (Phi) is 6.39. The quantitative estimate of drug-likeness (QED) is 0.828. The van der Waals surface area contributed by atoms with Crippen molar-refractivity contribution in [3.63, 3.8) is 0 Å². The molecule has 0 atom stereocenters. The molecule has 1 heterocycles. The topological polar surface area (TPSA) is 93.1 Å². The number of benzene rings is 1. The fraction of sp³-hybridized carbons (Fsp3) is 0.375. The summed E-state index contributed by atoms with van der Waals surface area (Å²) in [6.07, 6.45) is 2.01. The molecule has 0 fully saturated rings. The predicted molar refractivity (Wildman–Crippen MR) is 97.0 cm³/mol. The predicted octanol–water partition coefficient (Wildman–Crippen LogP) is 2.58. The summed E-state index contributed by atoms with van der Waals surface area (Å²) in [5, 5.41) is 5.50. The van der Waals surface area contributed by atoms with Crippen LogP contribution >= 0.6 is 23.2 Å². The summed E-state index contributed by atoms with van der Waals surface area (Å²) in [5.74, 6) is -0.185. The summed E-state index contributed by atoms with van der Waals surface area (Å²) < 4.78 is 1.09. The van der Waals surface area contributed by atoms with Gasteiger partial charge in [0.1, 0.15) is 6.54 Å². The van der Waals surface area contributed by atoms with E-state index in [-0.39, 0.29) is 17.0 Å². The van der Waals surface area contributed by atoms with E-state index < -0.39 is 17.5 Å². The van der Waals surface area contributed by atoms with Gasteiger partial charge in [-0.15, -0.1) is 0 Å². The largest absolute Gasteiger partial charge is 0.338 e. The summed E-state index contributed by atoms with van der Waals surface area (Å²) >= 11 is 11.9. The molecule has 0 radical (unpaired) electrons. The highest BCUT2D eigenvalue weighted by atomic mass is 35.5. The van der Waals surface area contributed by atoms with Crippen LogP contribution in [0.2, 0.25) is 10.0 Å². The molecule has 0 unspecified atom stereocenters. The molecule has 9 heteroatoms. The van der Waals surface area contributed by atoms with Gasteiger partial charge in [0.05, 0.1) is 22.3 Å². The number of aromatic nitrogens is 2. The van der Waals surface area contributed by atoms with Crippen molar-refractivity contribution in [2.75, 3.05) is 6.54 Å². The highest BCUT2D eigenvalue weighted by Crippen LogP contribution is 2.23. The van der Waals surface area contributed by atoms with E-state index in [1.165, 1.54) is 18.5 Å². The number of hydrogen-bond donors (Lipinski definition) is 2. The molecule has 0 aliphatic heterocycles. The molecule has 0 saturated heterocycles. The third-order valence-corrected chi connectivity index (χ3v) is 3.93. The van der Waals surface area contributed by atoms with Crippen molar-refractivity contribution >= 4 is 46.0 Å². The van der Waals surface area contributed by atoms with Crippen LogP contribution in [0.3, 0.4) is 0 Å². The Morgan fingerprint density at radius 1 is 1.28 bits per heavy atom. The number of carbonyl (C=O) groups is 2. The molecule has 2 rings (SSSR count). The number of fused-ring (bicyclic) bond motifs is 1. The normalized spacial score (nSPS) is 10.9. The van der Waals surface area contributed by atoms with E-state index in [1.807, 2.05) is 13.8 Å². The molecular weight excluding hydrogens is 367 g/mol. The van der Waals surface area contributed by atoms with Gasteiger partial charge >= 0.3 is 6.03 Å². The molecular formula is C16H18Cl2N4O3. The molecule has 134 valence electrons. The average Bonchev–Trinajstić information content (AvgIpc) is 2.50. The second-order valence-electron chi connectivity index (χ2n) is 5.95. The fourth-order valence-corrected chi connectivity index (χ4v) is 2.69.